The first kappa shape index (κ1) is 25.5. The van der Waals surface area contributed by atoms with Crippen molar-refractivity contribution in [2.24, 2.45) is 5.92 Å². The van der Waals surface area contributed by atoms with Gasteiger partial charge in [0, 0.05) is 25.4 Å². The summed E-state index contributed by atoms with van der Waals surface area (Å²) in [4.78, 5) is 28.6. The third-order valence-electron chi connectivity index (χ3n) is 6.37. The first-order valence-electron chi connectivity index (χ1n) is 12.4. The molecule has 0 unspecified atom stereocenters. The minimum atomic E-state index is -0.584. The van der Waals surface area contributed by atoms with Gasteiger partial charge in [0.25, 0.3) is 0 Å². The number of rotatable bonds is 11. The highest BCUT2D eigenvalue weighted by Crippen LogP contribution is 2.21. The van der Waals surface area contributed by atoms with E-state index in [1.807, 2.05) is 68.4 Å². The second-order valence-corrected chi connectivity index (χ2v) is 9.32. The number of ether oxygens (including phenoxy) is 1. The number of methoxy groups -OCH3 is 1. The predicted octanol–water partition coefficient (Wildman–Crippen LogP) is 5.30. The van der Waals surface area contributed by atoms with Gasteiger partial charge < -0.3 is 15.0 Å². The minimum absolute atomic E-state index is 0.0260. The molecule has 0 fully saturated rings. The van der Waals surface area contributed by atoms with Gasteiger partial charge in [0.15, 0.2) is 0 Å². The molecule has 5 nitrogen and oxygen atoms in total. The molecule has 0 saturated carbocycles. The van der Waals surface area contributed by atoms with Crippen LogP contribution in [0.15, 0.2) is 66.2 Å². The molecule has 0 heterocycles. The maximum atomic E-state index is 13.5. The first-order valence-corrected chi connectivity index (χ1v) is 12.4. The van der Waals surface area contributed by atoms with Crippen molar-refractivity contribution in [1.82, 2.24) is 10.2 Å². The molecule has 0 radical (unpaired) electrons. The minimum Gasteiger partial charge on any atom is -0.497 e. The van der Waals surface area contributed by atoms with Crippen molar-refractivity contribution in [3.8, 4) is 5.75 Å². The van der Waals surface area contributed by atoms with Crippen molar-refractivity contribution in [3.63, 3.8) is 0 Å². The topological polar surface area (TPSA) is 58.6 Å². The Balaban J connectivity index is 1.81. The number of hydrogen-bond acceptors (Lipinski definition) is 3. The molecule has 182 valence electrons. The summed E-state index contributed by atoms with van der Waals surface area (Å²) in [6.07, 6.45) is 8.42. The van der Waals surface area contributed by atoms with Gasteiger partial charge in [-0.05, 0) is 55.4 Å². The highest BCUT2D eigenvalue weighted by atomic mass is 16.5. The van der Waals surface area contributed by atoms with Gasteiger partial charge in [-0.2, -0.15) is 0 Å². The van der Waals surface area contributed by atoms with E-state index >= 15 is 0 Å². The molecule has 1 atom stereocenters. The second kappa shape index (κ2) is 13.0. The van der Waals surface area contributed by atoms with E-state index in [1.165, 1.54) is 18.4 Å². The van der Waals surface area contributed by atoms with Crippen molar-refractivity contribution in [2.75, 3.05) is 13.7 Å². The molecule has 0 aliphatic heterocycles. The predicted molar refractivity (Wildman–Crippen MR) is 136 cm³/mol. The Morgan fingerprint density at radius 2 is 1.74 bits per heavy atom. The van der Waals surface area contributed by atoms with Crippen molar-refractivity contribution in [2.45, 2.75) is 65.0 Å². The highest BCUT2D eigenvalue weighted by molar-refractivity contribution is 5.88. The lowest BCUT2D eigenvalue weighted by Crippen LogP contribution is -2.51. The number of carbonyl (C=O) groups excluding carboxylic acids is 2. The lowest BCUT2D eigenvalue weighted by Gasteiger charge is -2.33. The van der Waals surface area contributed by atoms with Crippen LogP contribution in [-0.2, 0) is 22.6 Å². The Bertz CT molecular complexity index is 951. The van der Waals surface area contributed by atoms with Crippen molar-refractivity contribution in [3.05, 3.63) is 77.4 Å². The zero-order valence-electron chi connectivity index (χ0n) is 20.8. The van der Waals surface area contributed by atoms with Crippen LogP contribution in [0.3, 0.4) is 0 Å². The van der Waals surface area contributed by atoms with E-state index in [4.69, 9.17) is 4.74 Å². The third-order valence-corrected chi connectivity index (χ3v) is 6.37. The zero-order chi connectivity index (χ0) is 24.3. The van der Waals surface area contributed by atoms with Crippen LogP contribution in [0, 0.1) is 5.92 Å². The molecule has 0 bridgehead atoms. The molecule has 0 saturated heterocycles. The average molecular weight is 463 g/mol. The van der Waals surface area contributed by atoms with Gasteiger partial charge in [0.1, 0.15) is 11.8 Å². The Kier molecular flexibility index (Phi) is 9.75. The summed E-state index contributed by atoms with van der Waals surface area (Å²) < 4.78 is 5.27. The summed E-state index contributed by atoms with van der Waals surface area (Å²) in [5.41, 5.74) is 3.43. The normalized spacial score (nSPS) is 14.3. The van der Waals surface area contributed by atoms with E-state index < -0.39 is 6.04 Å². The van der Waals surface area contributed by atoms with Crippen LogP contribution in [0.25, 0.3) is 0 Å². The standard InChI is InChI=1S/C29H38N2O3/c1-22(2)29(33)31(21-25-14-16-26(34-3)17-15-25)27(20-24-12-8-5-9-13-24)28(32)30-19-18-23-10-6-4-7-11-23/h5,8-10,12-17,22,27H,4,6-7,11,18-21H2,1-3H3,(H,30,32)/t27-/m0/s1. The average Bonchev–Trinajstić information content (AvgIpc) is 2.87. The zero-order valence-corrected chi connectivity index (χ0v) is 20.8. The quantitative estimate of drug-likeness (QED) is 0.461. The molecule has 3 rings (SSSR count). The smallest absolute Gasteiger partial charge is 0.243 e. The van der Waals surface area contributed by atoms with E-state index in [0.717, 1.165) is 36.1 Å². The van der Waals surface area contributed by atoms with Crippen LogP contribution in [0.4, 0.5) is 0 Å². The number of allylic oxidation sites excluding steroid dienone is 1. The lowest BCUT2D eigenvalue weighted by atomic mass is 9.97. The maximum absolute atomic E-state index is 13.5. The van der Waals surface area contributed by atoms with Gasteiger partial charge in [0.2, 0.25) is 11.8 Å². The second-order valence-electron chi connectivity index (χ2n) is 9.32. The third kappa shape index (κ3) is 7.47. The fraction of sp³-hybridized carbons (Fsp3) is 0.448. The van der Waals surface area contributed by atoms with Crippen LogP contribution >= 0.6 is 0 Å². The van der Waals surface area contributed by atoms with E-state index in [0.29, 0.717) is 19.5 Å². The molecular formula is C29H38N2O3. The van der Waals surface area contributed by atoms with Crippen molar-refractivity contribution in [1.29, 1.82) is 0 Å². The molecule has 0 spiro atoms. The molecule has 1 aliphatic carbocycles. The number of benzene rings is 2. The molecule has 2 aromatic rings. The van der Waals surface area contributed by atoms with Gasteiger partial charge in [-0.1, -0.05) is 68.0 Å². The van der Waals surface area contributed by atoms with Gasteiger partial charge >= 0.3 is 0 Å². The highest BCUT2D eigenvalue weighted by Gasteiger charge is 2.31. The molecule has 0 aromatic heterocycles. The Hall–Kier alpha value is -3.08. The Morgan fingerprint density at radius 3 is 2.35 bits per heavy atom. The van der Waals surface area contributed by atoms with Crippen molar-refractivity contribution < 1.29 is 14.3 Å². The van der Waals surface area contributed by atoms with E-state index in [9.17, 15) is 9.59 Å². The fourth-order valence-corrected chi connectivity index (χ4v) is 4.38. The van der Waals surface area contributed by atoms with Gasteiger partial charge in [0.05, 0.1) is 7.11 Å². The van der Waals surface area contributed by atoms with Crippen LogP contribution < -0.4 is 10.1 Å². The molecule has 2 aromatic carbocycles. The molecule has 5 heteroatoms. The van der Waals surface area contributed by atoms with Crippen LogP contribution in [-0.4, -0.2) is 36.4 Å². The molecule has 34 heavy (non-hydrogen) atoms. The Labute approximate surface area is 204 Å². The molecule has 2 amide bonds. The fourth-order valence-electron chi connectivity index (χ4n) is 4.38. The van der Waals surface area contributed by atoms with Gasteiger partial charge in [-0.25, -0.2) is 0 Å². The van der Waals surface area contributed by atoms with Crippen LogP contribution in [0.2, 0.25) is 0 Å². The number of nitrogens with zero attached hydrogens (tertiary/aromatic N) is 1. The monoisotopic (exact) mass is 462 g/mol. The Morgan fingerprint density at radius 1 is 1.00 bits per heavy atom. The molecule has 1 N–H and O–H groups in total. The van der Waals surface area contributed by atoms with Crippen LogP contribution in [0.5, 0.6) is 5.75 Å². The summed E-state index contributed by atoms with van der Waals surface area (Å²) in [5, 5.41) is 3.13. The van der Waals surface area contributed by atoms with E-state index in [-0.39, 0.29) is 17.7 Å². The first-order chi connectivity index (χ1) is 16.5. The van der Waals surface area contributed by atoms with Gasteiger partial charge in [-0.15, -0.1) is 0 Å². The summed E-state index contributed by atoms with van der Waals surface area (Å²) >= 11 is 0. The SMILES string of the molecule is COc1ccc(CN(C(=O)C(C)C)[C@@H](Cc2ccccc2)C(=O)NCCC2=CCCCC2)cc1. The lowest BCUT2D eigenvalue weighted by molar-refractivity contribution is -0.143. The van der Waals surface area contributed by atoms with E-state index in [1.54, 1.807) is 12.0 Å². The van der Waals surface area contributed by atoms with Crippen LogP contribution in [0.1, 0.15) is 57.1 Å². The number of carbonyl (C=O) groups is 2. The number of amides is 2. The van der Waals surface area contributed by atoms with Gasteiger partial charge in [-0.3, -0.25) is 9.59 Å². The number of nitrogens with one attached hydrogen (secondary N) is 1. The summed E-state index contributed by atoms with van der Waals surface area (Å²) in [6.45, 7) is 4.74. The molecule has 1 aliphatic rings. The summed E-state index contributed by atoms with van der Waals surface area (Å²) in [6, 6.07) is 17.0. The van der Waals surface area contributed by atoms with E-state index in [2.05, 4.69) is 11.4 Å². The summed E-state index contributed by atoms with van der Waals surface area (Å²) in [5.74, 6) is 0.433. The van der Waals surface area contributed by atoms with Crippen molar-refractivity contribution >= 4 is 11.8 Å². The molecular weight excluding hydrogens is 424 g/mol. The number of hydrogen-bond donors (Lipinski definition) is 1. The largest absolute Gasteiger partial charge is 0.497 e. The maximum Gasteiger partial charge on any atom is 0.243 e. The summed E-state index contributed by atoms with van der Waals surface area (Å²) in [7, 11) is 1.63.